The van der Waals surface area contributed by atoms with Gasteiger partial charge in [0.15, 0.2) is 5.82 Å². The fourth-order valence-corrected chi connectivity index (χ4v) is 6.23. The van der Waals surface area contributed by atoms with Crippen molar-refractivity contribution >= 4 is 5.91 Å². The van der Waals surface area contributed by atoms with Gasteiger partial charge in [-0.25, -0.2) is 9.67 Å². The maximum absolute atomic E-state index is 12.6. The normalized spacial score (nSPS) is 21.3. The van der Waals surface area contributed by atoms with Gasteiger partial charge >= 0.3 is 0 Å². The summed E-state index contributed by atoms with van der Waals surface area (Å²) in [4.78, 5) is 23.8. The summed E-state index contributed by atoms with van der Waals surface area (Å²) in [5.41, 5.74) is 1.99. The molecule has 2 aliphatic rings. The Morgan fingerprint density at radius 2 is 1.82 bits per heavy atom. The number of rotatable bonds is 7. The number of hydrogen-bond donors (Lipinski definition) is 2. The number of carbonyl (C=O) groups is 1. The Kier molecular flexibility index (Phi) is 6.90. The molecule has 8 heteroatoms. The number of amides is 1. The highest BCUT2D eigenvalue weighted by Gasteiger charge is 2.55. The lowest BCUT2D eigenvalue weighted by atomic mass is 9.62. The second kappa shape index (κ2) is 9.89. The van der Waals surface area contributed by atoms with E-state index in [0.717, 1.165) is 42.0 Å². The van der Waals surface area contributed by atoms with Crippen LogP contribution in [0.1, 0.15) is 87.9 Å². The number of benzene rings is 1. The third-order valence-corrected chi connectivity index (χ3v) is 8.28. The molecule has 38 heavy (non-hydrogen) atoms. The standard InChI is InChI=1S/C30H40N6O2/c1-19(2)21-7-9-24(10-8-21)30(38,29(5)17-35(6)18-29)25-13-23(15-31-16-25)27-33-28(36(34-27)20(3)4)22-11-12-32-26(37)14-22/h7-10,13,15-16,19-20,22,38H,11-12,14,17-18H2,1-6H3,(H,32,37). The quantitative estimate of drug-likeness (QED) is 0.488. The summed E-state index contributed by atoms with van der Waals surface area (Å²) in [6, 6.07) is 10.4. The number of hydrogen-bond acceptors (Lipinski definition) is 6. The molecule has 1 amide bonds. The van der Waals surface area contributed by atoms with E-state index in [2.05, 4.69) is 81.1 Å². The van der Waals surface area contributed by atoms with Crippen molar-refractivity contribution in [1.29, 1.82) is 0 Å². The predicted molar refractivity (Wildman–Crippen MR) is 148 cm³/mol. The van der Waals surface area contributed by atoms with Crippen LogP contribution in [0.2, 0.25) is 0 Å². The minimum absolute atomic E-state index is 0.0318. The SMILES string of the molecule is CC(C)c1ccc(C(O)(c2cncc(-c3nc(C4CCNC(=O)C4)n(C(C)C)n3)c2)C2(C)CN(C)C2)cc1. The van der Waals surface area contributed by atoms with Crippen molar-refractivity contribution in [3.8, 4) is 11.4 Å². The van der Waals surface area contributed by atoms with Crippen molar-refractivity contribution in [1.82, 2.24) is 30.0 Å². The number of carbonyl (C=O) groups excluding carboxylic acids is 1. The van der Waals surface area contributed by atoms with Gasteiger partial charge in [-0.15, -0.1) is 0 Å². The highest BCUT2D eigenvalue weighted by Crippen LogP contribution is 2.50. The molecule has 202 valence electrons. The topological polar surface area (TPSA) is 96.2 Å². The molecule has 5 rings (SSSR count). The van der Waals surface area contributed by atoms with Gasteiger partial charge in [-0.2, -0.15) is 5.10 Å². The van der Waals surface area contributed by atoms with Gasteiger partial charge in [0.05, 0.1) is 0 Å². The highest BCUT2D eigenvalue weighted by atomic mass is 16.3. The number of nitrogens with zero attached hydrogens (tertiary/aromatic N) is 5. The van der Waals surface area contributed by atoms with E-state index in [1.807, 2.05) is 10.7 Å². The van der Waals surface area contributed by atoms with Gasteiger partial charge in [-0.1, -0.05) is 45.0 Å². The number of aromatic nitrogens is 4. The highest BCUT2D eigenvalue weighted by molar-refractivity contribution is 5.77. The van der Waals surface area contributed by atoms with Gasteiger partial charge in [0, 0.05) is 67.0 Å². The molecular formula is C30H40N6O2. The molecule has 8 nitrogen and oxygen atoms in total. The third kappa shape index (κ3) is 4.54. The largest absolute Gasteiger partial charge is 0.380 e. The fourth-order valence-electron chi connectivity index (χ4n) is 6.23. The summed E-state index contributed by atoms with van der Waals surface area (Å²) in [5, 5.41) is 20.3. The molecule has 2 atom stereocenters. The molecular weight excluding hydrogens is 476 g/mol. The van der Waals surface area contributed by atoms with Crippen molar-refractivity contribution in [2.24, 2.45) is 5.41 Å². The lowest BCUT2D eigenvalue weighted by molar-refractivity contribution is -0.127. The van der Waals surface area contributed by atoms with E-state index in [1.54, 1.807) is 12.4 Å². The Labute approximate surface area is 225 Å². The number of piperidine rings is 1. The van der Waals surface area contributed by atoms with Gasteiger partial charge in [0.25, 0.3) is 0 Å². The van der Waals surface area contributed by atoms with E-state index in [4.69, 9.17) is 10.1 Å². The van der Waals surface area contributed by atoms with E-state index >= 15 is 0 Å². The lowest BCUT2D eigenvalue weighted by Gasteiger charge is -2.55. The van der Waals surface area contributed by atoms with Gasteiger partial charge in [-0.05, 0) is 50.4 Å². The first-order chi connectivity index (χ1) is 18.0. The fraction of sp³-hybridized carbons (Fsp3) is 0.533. The number of aliphatic hydroxyl groups is 1. The van der Waals surface area contributed by atoms with Gasteiger partial charge in [0.1, 0.15) is 11.4 Å². The molecule has 0 radical (unpaired) electrons. The van der Waals surface area contributed by atoms with Crippen LogP contribution in [0.15, 0.2) is 42.7 Å². The zero-order valence-electron chi connectivity index (χ0n) is 23.4. The molecule has 0 spiro atoms. The Hall–Kier alpha value is -3.10. The minimum Gasteiger partial charge on any atom is -0.380 e. The summed E-state index contributed by atoms with van der Waals surface area (Å²) in [7, 11) is 2.08. The van der Waals surface area contributed by atoms with Crippen LogP contribution in [0.4, 0.5) is 0 Å². The monoisotopic (exact) mass is 516 g/mol. The molecule has 0 aliphatic carbocycles. The first kappa shape index (κ1) is 26.5. The van der Waals surface area contributed by atoms with Crippen LogP contribution < -0.4 is 5.32 Å². The van der Waals surface area contributed by atoms with Crippen LogP contribution in [0.5, 0.6) is 0 Å². The molecule has 2 aliphatic heterocycles. The number of likely N-dealkylation sites (tertiary alicyclic amines) is 1. The summed E-state index contributed by atoms with van der Waals surface area (Å²) >= 11 is 0. The average Bonchev–Trinajstić information content (AvgIpc) is 3.34. The molecule has 4 heterocycles. The average molecular weight is 517 g/mol. The van der Waals surface area contributed by atoms with Crippen LogP contribution >= 0.6 is 0 Å². The van der Waals surface area contributed by atoms with Crippen LogP contribution in [0.3, 0.4) is 0 Å². The van der Waals surface area contributed by atoms with Crippen LogP contribution in [-0.2, 0) is 10.4 Å². The molecule has 3 aromatic rings. The second-order valence-electron chi connectivity index (χ2n) is 12.1. The molecule has 1 aromatic carbocycles. The van der Waals surface area contributed by atoms with E-state index in [9.17, 15) is 9.90 Å². The summed E-state index contributed by atoms with van der Waals surface area (Å²) in [6.45, 7) is 12.8. The Bertz CT molecular complexity index is 1310. The lowest BCUT2D eigenvalue weighted by Crippen LogP contribution is -2.63. The van der Waals surface area contributed by atoms with E-state index in [0.29, 0.717) is 24.7 Å². The van der Waals surface area contributed by atoms with Gasteiger partial charge in [0.2, 0.25) is 5.91 Å². The number of nitrogens with one attached hydrogen (secondary N) is 1. The van der Waals surface area contributed by atoms with E-state index < -0.39 is 5.60 Å². The van der Waals surface area contributed by atoms with Gasteiger partial charge < -0.3 is 15.3 Å². The number of pyridine rings is 1. The Balaban J connectivity index is 1.58. The molecule has 0 saturated carbocycles. The molecule has 2 fully saturated rings. The molecule has 2 saturated heterocycles. The van der Waals surface area contributed by atoms with Crippen LogP contribution in [0, 0.1) is 5.41 Å². The first-order valence-electron chi connectivity index (χ1n) is 13.7. The molecule has 2 unspecified atom stereocenters. The predicted octanol–water partition coefficient (Wildman–Crippen LogP) is 4.23. The van der Waals surface area contributed by atoms with E-state index in [1.165, 1.54) is 5.56 Å². The zero-order valence-corrected chi connectivity index (χ0v) is 23.4. The summed E-state index contributed by atoms with van der Waals surface area (Å²) in [5.74, 6) is 1.91. The Morgan fingerprint density at radius 3 is 2.42 bits per heavy atom. The zero-order chi connectivity index (χ0) is 27.2. The minimum atomic E-state index is -1.23. The second-order valence-corrected chi connectivity index (χ2v) is 12.1. The van der Waals surface area contributed by atoms with Crippen molar-refractivity contribution < 1.29 is 9.90 Å². The smallest absolute Gasteiger partial charge is 0.220 e. The first-order valence-corrected chi connectivity index (χ1v) is 13.7. The van der Waals surface area contributed by atoms with Crippen molar-refractivity contribution in [3.05, 3.63) is 65.2 Å². The van der Waals surface area contributed by atoms with Crippen LogP contribution in [0.25, 0.3) is 11.4 Å². The maximum atomic E-state index is 12.6. The molecule has 2 N–H and O–H groups in total. The molecule has 0 bridgehead atoms. The summed E-state index contributed by atoms with van der Waals surface area (Å²) < 4.78 is 1.93. The van der Waals surface area contributed by atoms with Crippen molar-refractivity contribution in [3.63, 3.8) is 0 Å². The third-order valence-electron chi connectivity index (χ3n) is 8.28. The van der Waals surface area contributed by atoms with Crippen molar-refractivity contribution in [2.75, 3.05) is 26.7 Å². The van der Waals surface area contributed by atoms with Crippen molar-refractivity contribution in [2.45, 2.75) is 70.9 Å². The molecule has 2 aromatic heterocycles. The Morgan fingerprint density at radius 1 is 1.11 bits per heavy atom. The van der Waals surface area contributed by atoms with Crippen LogP contribution in [-0.4, -0.2) is 62.3 Å². The van der Waals surface area contributed by atoms with Gasteiger partial charge in [-0.3, -0.25) is 9.78 Å². The van der Waals surface area contributed by atoms with E-state index in [-0.39, 0.29) is 23.3 Å². The maximum Gasteiger partial charge on any atom is 0.220 e. The summed E-state index contributed by atoms with van der Waals surface area (Å²) in [6.07, 6.45) is 4.79.